The summed E-state index contributed by atoms with van der Waals surface area (Å²) in [5.41, 5.74) is 4.57. The highest BCUT2D eigenvalue weighted by atomic mass is 35.5. The van der Waals surface area contributed by atoms with E-state index in [2.05, 4.69) is 5.32 Å². The van der Waals surface area contributed by atoms with Crippen molar-refractivity contribution in [2.24, 2.45) is 0 Å². The molecule has 6 nitrogen and oxygen atoms in total. The van der Waals surface area contributed by atoms with Gasteiger partial charge in [-0.25, -0.2) is 8.42 Å². The Hall–Kier alpha value is -2.61. The third kappa shape index (κ3) is 4.43. The molecule has 0 aliphatic rings. The number of amides is 1. The minimum atomic E-state index is -3.45. The molecule has 8 heteroatoms. The SMILES string of the molecule is Cc1ccccc1-c1c(C)c(C(=O)Nc2ccc(S(C)(=O)=O)c(Cl)c2)cn1CCO. The van der Waals surface area contributed by atoms with E-state index in [0.29, 0.717) is 17.8 Å². The minimum absolute atomic E-state index is 0.00860. The summed E-state index contributed by atoms with van der Waals surface area (Å²) in [4.78, 5) is 13.0. The summed E-state index contributed by atoms with van der Waals surface area (Å²) in [6.45, 7) is 4.16. The predicted molar refractivity (Wildman–Crippen MR) is 119 cm³/mol. The number of rotatable bonds is 6. The van der Waals surface area contributed by atoms with E-state index in [-0.39, 0.29) is 22.4 Å². The first-order valence-corrected chi connectivity index (χ1v) is 11.6. The number of carbonyl (C=O) groups excluding carboxylic acids is 1. The van der Waals surface area contributed by atoms with Crippen molar-refractivity contribution < 1.29 is 18.3 Å². The standard InChI is InChI=1S/C22H23ClN2O4S/c1-14-6-4-5-7-17(14)21-15(2)18(13-25(21)10-11-26)22(27)24-16-8-9-20(19(23)12-16)30(3,28)29/h4-9,12-13,26H,10-11H2,1-3H3,(H,24,27). The largest absolute Gasteiger partial charge is 0.395 e. The lowest BCUT2D eigenvalue weighted by Gasteiger charge is -2.11. The Balaban J connectivity index is 1.98. The molecule has 1 aromatic heterocycles. The molecule has 1 amide bonds. The molecule has 0 fully saturated rings. The Bertz CT molecular complexity index is 1220. The van der Waals surface area contributed by atoms with Gasteiger partial charge >= 0.3 is 0 Å². The van der Waals surface area contributed by atoms with Crippen molar-refractivity contribution >= 4 is 33.0 Å². The van der Waals surface area contributed by atoms with E-state index in [1.165, 1.54) is 18.2 Å². The quantitative estimate of drug-likeness (QED) is 0.597. The van der Waals surface area contributed by atoms with E-state index < -0.39 is 9.84 Å². The average molecular weight is 447 g/mol. The summed E-state index contributed by atoms with van der Waals surface area (Å²) >= 11 is 6.08. The summed E-state index contributed by atoms with van der Waals surface area (Å²) in [5.74, 6) is -0.345. The van der Waals surface area contributed by atoms with Crippen LogP contribution >= 0.6 is 11.6 Å². The number of nitrogens with one attached hydrogen (secondary N) is 1. The zero-order valence-corrected chi connectivity index (χ0v) is 18.5. The molecule has 0 aliphatic heterocycles. The van der Waals surface area contributed by atoms with Crippen LogP contribution in [0.2, 0.25) is 5.02 Å². The molecular weight excluding hydrogens is 424 g/mol. The zero-order chi connectivity index (χ0) is 22.1. The fraction of sp³-hybridized carbons (Fsp3) is 0.227. The van der Waals surface area contributed by atoms with E-state index in [1.807, 2.05) is 42.7 Å². The summed E-state index contributed by atoms with van der Waals surface area (Å²) in [6, 6.07) is 12.2. The normalized spacial score (nSPS) is 11.5. The second-order valence-electron chi connectivity index (χ2n) is 7.12. The van der Waals surface area contributed by atoms with E-state index >= 15 is 0 Å². The first-order valence-electron chi connectivity index (χ1n) is 9.31. The maximum atomic E-state index is 13.0. The van der Waals surface area contributed by atoms with Gasteiger partial charge in [0, 0.05) is 30.2 Å². The van der Waals surface area contributed by atoms with Gasteiger partial charge in [0.15, 0.2) is 9.84 Å². The Morgan fingerprint density at radius 2 is 1.87 bits per heavy atom. The molecule has 0 atom stereocenters. The predicted octanol–water partition coefficient (Wildman–Crippen LogP) is 4.07. The molecule has 0 aliphatic carbocycles. The van der Waals surface area contributed by atoms with Gasteiger partial charge in [-0.1, -0.05) is 35.9 Å². The number of hydrogen-bond acceptors (Lipinski definition) is 4. The van der Waals surface area contributed by atoms with E-state index in [9.17, 15) is 18.3 Å². The van der Waals surface area contributed by atoms with Crippen LogP contribution in [0.1, 0.15) is 21.5 Å². The van der Waals surface area contributed by atoms with Crippen molar-refractivity contribution in [2.75, 3.05) is 18.2 Å². The Morgan fingerprint density at radius 3 is 2.47 bits per heavy atom. The number of aliphatic hydroxyl groups is 1. The van der Waals surface area contributed by atoms with Crippen LogP contribution in [0.15, 0.2) is 53.6 Å². The molecule has 0 saturated carbocycles. The lowest BCUT2D eigenvalue weighted by molar-refractivity contribution is 0.102. The lowest BCUT2D eigenvalue weighted by Crippen LogP contribution is -2.12. The third-order valence-corrected chi connectivity index (χ3v) is 6.49. The maximum Gasteiger partial charge on any atom is 0.257 e. The summed E-state index contributed by atoms with van der Waals surface area (Å²) in [7, 11) is -3.45. The highest BCUT2D eigenvalue weighted by Crippen LogP contribution is 2.31. The monoisotopic (exact) mass is 446 g/mol. The maximum absolute atomic E-state index is 13.0. The number of nitrogens with zero attached hydrogens (tertiary/aromatic N) is 1. The number of aryl methyl sites for hydroxylation is 1. The smallest absolute Gasteiger partial charge is 0.257 e. The van der Waals surface area contributed by atoms with Crippen molar-refractivity contribution in [1.82, 2.24) is 4.57 Å². The number of sulfone groups is 1. The molecule has 2 aromatic carbocycles. The van der Waals surface area contributed by atoms with E-state index in [0.717, 1.165) is 28.6 Å². The van der Waals surface area contributed by atoms with Crippen LogP contribution in [-0.4, -0.2) is 36.9 Å². The summed E-state index contributed by atoms with van der Waals surface area (Å²) in [5, 5.41) is 12.3. The second-order valence-corrected chi connectivity index (χ2v) is 9.51. The lowest BCUT2D eigenvalue weighted by atomic mass is 10.0. The van der Waals surface area contributed by atoms with Gasteiger partial charge in [0.2, 0.25) is 0 Å². The number of aromatic nitrogens is 1. The van der Waals surface area contributed by atoms with Crippen LogP contribution in [0.3, 0.4) is 0 Å². The van der Waals surface area contributed by atoms with Crippen LogP contribution in [0.5, 0.6) is 0 Å². The molecule has 0 unspecified atom stereocenters. The number of anilines is 1. The topological polar surface area (TPSA) is 88.4 Å². The Kier molecular flexibility index (Phi) is 6.36. The summed E-state index contributed by atoms with van der Waals surface area (Å²) in [6.07, 6.45) is 2.79. The minimum Gasteiger partial charge on any atom is -0.395 e. The molecule has 2 N–H and O–H groups in total. The molecule has 3 aromatic rings. The van der Waals surface area contributed by atoms with Crippen LogP contribution in [-0.2, 0) is 16.4 Å². The van der Waals surface area contributed by atoms with Crippen molar-refractivity contribution in [3.8, 4) is 11.3 Å². The average Bonchev–Trinajstić information content (AvgIpc) is 2.98. The van der Waals surface area contributed by atoms with Gasteiger partial charge in [-0.3, -0.25) is 4.79 Å². The van der Waals surface area contributed by atoms with Gasteiger partial charge in [-0.15, -0.1) is 0 Å². The molecule has 1 heterocycles. The zero-order valence-electron chi connectivity index (χ0n) is 16.9. The summed E-state index contributed by atoms with van der Waals surface area (Å²) < 4.78 is 25.3. The van der Waals surface area contributed by atoms with Crippen molar-refractivity contribution in [1.29, 1.82) is 0 Å². The molecule has 0 saturated heterocycles. The van der Waals surface area contributed by atoms with Gasteiger partial charge in [-0.05, 0) is 43.2 Å². The van der Waals surface area contributed by atoms with Gasteiger partial charge < -0.3 is 15.0 Å². The van der Waals surface area contributed by atoms with Gasteiger partial charge in [0.25, 0.3) is 5.91 Å². The van der Waals surface area contributed by atoms with Crippen molar-refractivity contribution in [3.63, 3.8) is 0 Å². The van der Waals surface area contributed by atoms with Gasteiger partial charge in [0.1, 0.15) is 0 Å². The van der Waals surface area contributed by atoms with E-state index in [1.54, 1.807) is 6.20 Å². The molecule has 0 bridgehead atoms. The fourth-order valence-corrected chi connectivity index (χ4v) is 4.78. The van der Waals surface area contributed by atoms with Gasteiger partial charge in [-0.2, -0.15) is 0 Å². The van der Waals surface area contributed by atoms with Crippen LogP contribution in [0.25, 0.3) is 11.3 Å². The van der Waals surface area contributed by atoms with Crippen LogP contribution in [0.4, 0.5) is 5.69 Å². The Labute approximate surface area is 181 Å². The number of aliphatic hydroxyl groups excluding tert-OH is 1. The van der Waals surface area contributed by atoms with Crippen LogP contribution < -0.4 is 5.32 Å². The van der Waals surface area contributed by atoms with Crippen molar-refractivity contribution in [3.05, 3.63) is 70.4 Å². The first-order chi connectivity index (χ1) is 14.1. The third-order valence-electron chi connectivity index (χ3n) is 4.91. The molecule has 0 radical (unpaired) electrons. The number of benzene rings is 2. The molecule has 0 spiro atoms. The first kappa shape index (κ1) is 22.1. The van der Waals surface area contributed by atoms with Crippen LogP contribution in [0, 0.1) is 13.8 Å². The molecular formula is C22H23ClN2O4S. The molecule has 30 heavy (non-hydrogen) atoms. The number of hydrogen-bond donors (Lipinski definition) is 2. The van der Waals surface area contributed by atoms with Gasteiger partial charge in [0.05, 0.1) is 27.8 Å². The Morgan fingerprint density at radius 1 is 1.17 bits per heavy atom. The molecule has 158 valence electrons. The van der Waals surface area contributed by atoms with Crippen molar-refractivity contribution in [2.45, 2.75) is 25.3 Å². The number of halogens is 1. The molecule has 3 rings (SSSR count). The second kappa shape index (κ2) is 8.63. The number of carbonyl (C=O) groups is 1. The van der Waals surface area contributed by atoms with E-state index in [4.69, 9.17) is 11.6 Å². The fourth-order valence-electron chi connectivity index (χ4n) is 3.45. The highest BCUT2D eigenvalue weighted by molar-refractivity contribution is 7.90. The highest BCUT2D eigenvalue weighted by Gasteiger charge is 2.21.